The molecule has 1 aliphatic carbocycles. The number of rotatable bonds is 4. The van der Waals surface area contributed by atoms with E-state index in [2.05, 4.69) is 0 Å². The molecule has 0 aliphatic heterocycles. The summed E-state index contributed by atoms with van der Waals surface area (Å²) in [4.78, 5) is 14.5. The molecule has 2 atom stereocenters. The van der Waals surface area contributed by atoms with Gasteiger partial charge in [0.15, 0.2) is 5.76 Å². The third-order valence-corrected chi connectivity index (χ3v) is 5.06. The lowest BCUT2D eigenvalue weighted by atomic mass is 9.86. The van der Waals surface area contributed by atoms with Crippen molar-refractivity contribution in [1.29, 1.82) is 0 Å². The molecule has 130 valence electrons. The molecule has 2 unspecified atom stereocenters. The van der Waals surface area contributed by atoms with Crippen LogP contribution in [0.2, 0.25) is 0 Å². The Hall–Kier alpha value is -2.01. The maximum Gasteiger partial charge on any atom is 0.289 e. The lowest BCUT2D eigenvalue weighted by Gasteiger charge is -2.31. The summed E-state index contributed by atoms with van der Waals surface area (Å²) in [6.45, 7) is 2.45. The summed E-state index contributed by atoms with van der Waals surface area (Å²) >= 11 is 0. The normalized spacial score (nSPS) is 21.0. The molecule has 1 N–H and O–H groups in total. The number of hydrogen-bond donors (Lipinski definition) is 1. The Morgan fingerprint density at radius 2 is 2.12 bits per heavy atom. The largest absolute Gasteiger partial charge is 0.497 e. The maximum absolute atomic E-state index is 12.8. The van der Waals surface area contributed by atoms with Crippen molar-refractivity contribution < 1.29 is 19.1 Å². The SMILES string of the molecule is COc1ccc2oc(C(=O)N(C)CC3CCCCC3O)c(C)c2c1. The smallest absolute Gasteiger partial charge is 0.289 e. The van der Waals surface area contributed by atoms with Crippen molar-refractivity contribution in [3.8, 4) is 5.75 Å². The summed E-state index contributed by atoms with van der Waals surface area (Å²) in [6, 6.07) is 5.53. The fourth-order valence-electron chi connectivity index (χ4n) is 3.54. The van der Waals surface area contributed by atoms with Crippen LogP contribution < -0.4 is 4.74 Å². The van der Waals surface area contributed by atoms with Crippen LogP contribution in [-0.4, -0.2) is 42.7 Å². The fourth-order valence-corrected chi connectivity index (χ4v) is 3.54. The Morgan fingerprint density at radius 1 is 1.38 bits per heavy atom. The number of nitrogens with zero attached hydrogens (tertiary/aromatic N) is 1. The predicted octanol–water partition coefficient (Wildman–Crippen LogP) is 3.37. The zero-order valence-electron chi connectivity index (χ0n) is 14.5. The Balaban J connectivity index is 1.81. The van der Waals surface area contributed by atoms with Crippen molar-refractivity contribution >= 4 is 16.9 Å². The van der Waals surface area contributed by atoms with Gasteiger partial charge in [-0.25, -0.2) is 0 Å². The minimum atomic E-state index is -0.310. The van der Waals surface area contributed by atoms with Gasteiger partial charge in [0, 0.05) is 30.5 Å². The first-order chi connectivity index (χ1) is 11.5. The number of carbonyl (C=O) groups excluding carboxylic acids is 1. The van der Waals surface area contributed by atoms with Gasteiger partial charge in [-0.1, -0.05) is 12.8 Å². The molecule has 1 saturated carbocycles. The van der Waals surface area contributed by atoms with E-state index in [0.29, 0.717) is 17.9 Å². The van der Waals surface area contributed by atoms with Gasteiger partial charge in [-0.15, -0.1) is 0 Å². The number of furan rings is 1. The highest BCUT2D eigenvalue weighted by molar-refractivity contribution is 5.99. The van der Waals surface area contributed by atoms with E-state index in [1.165, 1.54) is 0 Å². The van der Waals surface area contributed by atoms with Crippen LogP contribution in [0.5, 0.6) is 5.75 Å². The molecule has 0 radical (unpaired) electrons. The van der Waals surface area contributed by atoms with Gasteiger partial charge in [0.2, 0.25) is 0 Å². The highest BCUT2D eigenvalue weighted by atomic mass is 16.5. The number of carbonyl (C=O) groups is 1. The third-order valence-electron chi connectivity index (χ3n) is 5.06. The van der Waals surface area contributed by atoms with Crippen molar-refractivity contribution in [3.05, 3.63) is 29.5 Å². The summed E-state index contributed by atoms with van der Waals surface area (Å²) in [5.74, 6) is 1.12. The first kappa shape index (κ1) is 16.8. The molecular formula is C19H25NO4. The highest BCUT2D eigenvalue weighted by Gasteiger charge is 2.28. The lowest BCUT2D eigenvalue weighted by Crippen LogP contribution is -2.38. The van der Waals surface area contributed by atoms with Crippen molar-refractivity contribution in [1.82, 2.24) is 4.90 Å². The van der Waals surface area contributed by atoms with Gasteiger partial charge in [-0.2, -0.15) is 0 Å². The molecule has 5 heteroatoms. The molecule has 0 saturated heterocycles. The van der Waals surface area contributed by atoms with Crippen LogP contribution in [0.15, 0.2) is 22.6 Å². The molecule has 1 fully saturated rings. The van der Waals surface area contributed by atoms with E-state index in [0.717, 1.165) is 42.4 Å². The molecule has 1 amide bonds. The molecule has 1 aliphatic rings. The Morgan fingerprint density at radius 3 is 2.83 bits per heavy atom. The zero-order chi connectivity index (χ0) is 17.3. The first-order valence-electron chi connectivity index (χ1n) is 8.52. The Labute approximate surface area is 142 Å². The van der Waals surface area contributed by atoms with E-state index in [1.807, 2.05) is 25.1 Å². The van der Waals surface area contributed by atoms with Crippen LogP contribution in [0, 0.1) is 12.8 Å². The van der Waals surface area contributed by atoms with Crippen LogP contribution in [0.1, 0.15) is 41.8 Å². The van der Waals surface area contributed by atoms with Crippen LogP contribution in [0.25, 0.3) is 11.0 Å². The van der Waals surface area contributed by atoms with Crippen LogP contribution in [0.4, 0.5) is 0 Å². The standard InChI is InChI=1S/C19H25NO4/c1-12-15-10-14(23-3)8-9-17(15)24-18(12)19(22)20(2)11-13-6-4-5-7-16(13)21/h8-10,13,16,21H,4-7,11H2,1-3H3. The van der Waals surface area contributed by atoms with Gasteiger partial charge in [0.25, 0.3) is 5.91 Å². The Kier molecular flexibility index (Phi) is 4.81. The van der Waals surface area contributed by atoms with Gasteiger partial charge in [0.05, 0.1) is 13.2 Å². The van der Waals surface area contributed by atoms with Crippen molar-refractivity contribution in [3.63, 3.8) is 0 Å². The molecule has 1 aromatic heterocycles. The molecule has 5 nitrogen and oxygen atoms in total. The highest BCUT2D eigenvalue weighted by Crippen LogP contribution is 2.30. The van der Waals surface area contributed by atoms with Crippen molar-refractivity contribution in [2.45, 2.75) is 38.7 Å². The van der Waals surface area contributed by atoms with Crippen LogP contribution in [0.3, 0.4) is 0 Å². The van der Waals surface area contributed by atoms with E-state index in [-0.39, 0.29) is 17.9 Å². The molecule has 0 spiro atoms. The predicted molar refractivity (Wildman–Crippen MR) is 92.4 cm³/mol. The number of fused-ring (bicyclic) bond motifs is 1. The minimum Gasteiger partial charge on any atom is -0.497 e. The molecular weight excluding hydrogens is 306 g/mol. The molecule has 1 aromatic carbocycles. The van der Waals surface area contributed by atoms with Gasteiger partial charge >= 0.3 is 0 Å². The van der Waals surface area contributed by atoms with E-state index in [4.69, 9.17) is 9.15 Å². The van der Waals surface area contributed by atoms with Crippen molar-refractivity contribution in [2.75, 3.05) is 20.7 Å². The number of methoxy groups -OCH3 is 1. The molecule has 1 heterocycles. The van der Waals surface area contributed by atoms with Crippen molar-refractivity contribution in [2.24, 2.45) is 5.92 Å². The number of aryl methyl sites for hydroxylation is 1. The van der Waals surface area contributed by atoms with E-state index >= 15 is 0 Å². The number of amides is 1. The van der Waals surface area contributed by atoms with Crippen LogP contribution >= 0.6 is 0 Å². The minimum absolute atomic E-state index is 0.138. The van der Waals surface area contributed by atoms with Gasteiger partial charge in [0.1, 0.15) is 11.3 Å². The van der Waals surface area contributed by atoms with E-state index in [1.54, 1.807) is 19.1 Å². The van der Waals surface area contributed by atoms with Crippen LogP contribution in [-0.2, 0) is 0 Å². The maximum atomic E-state index is 12.8. The van der Waals surface area contributed by atoms with E-state index < -0.39 is 0 Å². The number of ether oxygens (including phenoxy) is 1. The summed E-state index contributed by atoms with van der Waals surface area (Å²) < 4.78 is 11.0. The summed E-state index contributed by atoms with van der Waals surface area (Å²) in [7, 11) is 3.39. The second kappa shape index (κ2) is 6.85. The molecule has 3 rings (SSSR count). The zero-order valence-corrected chi connectivity index (χ0v) is 14.5. The lowest BCUT2D eigenvalue weighted by molar-refractivity contribution is 0.0438. The second-order valence-electron chi connectivity index (χ2n) is 6.72. The van der Waals surface area contributed by atoms with Gasteiger partial charge < -0.3 is 19.2 Å². The summed E-state index contributed by atoms with van der Waals surface area (Å²) in [5, 5.41) is 11.0. The summed E-state index contributed by atoms with van der Waals surface area (Å²) in [6.07, 6.45) is 3.67. The fraction of sp³-hybridized carbons (Fsp3) is 0.526. The number of aliphatic hydroxyl groups excluding tert-OH is 1. The summed E-state index contributed by atoms with van der Waals surface area (Å²) in [5.41, 5.74) is 1.51. The quantitative estimate of drug-likeness (QED) is 0.933. The third kappa shape index (κ3) is 3.13. The second-order valence-corrected chi connectivity index (χ2v) is 6.72. The van der Waals surface area contributed by atoms with Gasteiger partial charge in [-0.3, -0.25) is 4.79 Å². The monoisotopic (exact) mass is 331 g/mol. The topological polar surface area (TPSA) is 62.9 Å². The molecule has 24 heavy (non-hydrogen) atoms. The molecule has 2 aromatic rings. The number of benzene rings is 1. The first-order valence-corrected chi connectivity index (χ1v) is 8.52. The average molecular weight is 331 g/mol. The number of hydrogen-bond acceptors (Lipinski definition) is 4. The average Bonchev–Trinajstić information content (AvgIpc) is 2.92. The Bertz CT molecular complexity index is 736. The van der Waals surface area contributed by atoms with Gasteiger partial charge in [-0.05, 0) is 38.0 Å². The molecule has 0 bridgehead atoms. The van der Waals surface area contributed by atoms with E-state index in [9.17, 15) is 9.90 Å². The number of aliphatic hydroxyl groups is 1.